The number of nitrogens with zero attached hydrogens (tertiary/aromatic N) is 5. The second-order valence-corrected chi connectivity index (χ2v) is 10.4. The molecular formula is C24H24N6O3S. The normalized spacial score (nSPS) is 12.3. The van der Waals surface area contributed by atoms with Crippen molar-refractivity contribution in [1.29, 1.82) is 0 Å². The number of hydrogen-bond donors (Lipinski definition) is 1. The minimum Gasteiger partial charge on any atom is -0.415 e. The molecule has 2 N–H and O–H groups in total. The van der Waals surface area contributed by atoms with Crippen molar-refractivity contribution in [1.82, 2.24) is 20.2 Å². The van der Waals surface area contributed by atoms with Gasteiger partial charge in [-0.15, -0.1) is 10.2 Å². The Bertz CT molecular complexity index is 1460. The maximum atomic E-state index is 12.4. The molecule has 0 spiro atoms. The summed E-state index contributed by atoms with van der Waals surface area (Å²) >= 11 is 0. The molecule has 0 unspecified atom stereocenters. The fourth-order valence-corrected chi connectivity index (χ4v) is 4.29. The van der Waals surface area contributed by atoms with Gasteiger partial charge in [0.05, 0.1) is 27.7 Å². The van der Waals surface area contributed by atoms with E-state index < -0.39 is 15.1 Å². The van der Waals surface area contributed by atoms with Crippen LogP contribution in [-0.4, -0.2) is 46.7 Å². The minimum atomic E-state index is -3.35. The number of benzene rings is 2. The summed E-state index contributed by atoms with van der Waals surface area (Å²) in [6, 6.07) is 13.9. The molecule has 4 rings (SSSR count). The van der Waals surface area contributed by atoms with Gasteiger partial charge in [-0.1, -0.05) is 24.3 Å². The van der Waals surface area contributed by atoms with Crippen molar-refractivity contribution in [3.8, 4) is 34.3 Å². The molecule has 4 aromatic rings. The molecule has 0 fully saturated rings. The Balaban J connectivity index is 1.64. The summed E-state index contributed by atoms with van der Waals surface area (Å²) in [6.07, 6.45) is 1.63. The van der Waals surface area contributed by atoms with Gasteiger partial charge in [0.2, 0.25) is 5.89 Å². The third-order valence-corrected chi connectivity index (χ3v) is 7.52. The number of nitrogens with two attached hydrogens (primary N) is 1. The first-order valence-electron chi connectivity index (χ1n) is 10.6. The second-order valence-electron chi connectivity index (χ2n) is 7.91. The summed E-state index contributed by atoms with van der Waals surface area (Å²) in [7, 11) is -1.72. The van der Waals surface area contributed by atoms with Gasteiger partial charge in [-0.05, 0) is 45.0 Å². The van der Waals surface area contributed by atoms with E-state index in [1.165, 1.54) is 0 Å². The number of hydrogen-bond acceptors (Lipinski definition) is 8. The van der Waals surface area contributed by atoms with Crippen molar-refractivity contribution in [2.24, 2.45) is 10.7 Å². The Morgan fingerprint density at radius 3 is 2.21 bits per heavy atom. The molecule has 0 aliphatic carbocycles. The zero-order chi connectivity index (χ0) is 24.5. The highest BCUT2D eigenvalue weighted by Crippen LogP contribution is 2.27. The second kappa shape index (κ2) is 9.14. The predicted octanol–water partition coefficient (Wildman–Crippen LogP) is 3.69. The Morgan fingerprint density at radius 1 is 0.971 bits per heavy atom. The molecule has 0 atom stereocenters. The van der Waals surface area contributed by atoms with Crippen LogP contribution in [0, 0.1) is 6.92 Å². The molecule has 2 aromatic carbocycles. The van der Waals surface area contributed by atoms with E-state index in [0.29, 0.717) is 28.8 Å². The fraction of sp³-hybridized carbons (Fsp3) is 0.208. The highest BCUT2D eigenvalue weighted by atomic mass is 32.2. The van der Waals surface area contributed by atoms with Crippen LogP contribution < -0.4 is 5.73 Å². The van der Waals surface area contributed by atoms with Gasteiger partial charge in [-0.25, -0.2) is 13.4 Å². The van der Waals surface area contributed by atoms with Crippen molar-refractivity contribution >= 4 is 15.7 Å². The van der Waals surface area contributed by atoms with E-state index in [1.807, 2.05) is 24.3 Å². The van der Waals surface area contributed by atoms with Gasteiger partial charge in [-0.3, -0.25) is 9.98 Å². The smallest absolute Gasteiger partial charge is 0.268 e. The number of sulfone groups is 1. The highest BCUT2D eigenvalue weighted by Gasteiger charge is 2.20. The summed E-state index contributed by atoms with van der Waals surface area (Å²) in [5.41, 5.74) is 9.73. The van der Waals surface area contributed by atoms with Gasteiger partial charge in [0.25, 0.3) is 5.89 Å². The molecule has 9 nitrogen and oxygen atoms in total. The van der Waals surface area contributed by atoms with E-state index in [0.717, 1.165) is 16.7 Å². The lowest BCUT2D eigenvalue weighted by atomic mass is 10.1. The van der Waals surface area contributed by atoms with Crippen molar-refractivity contribution in [2.45, 2.75) is 30.9 Å². The third kappa shape index (κ3) is 4.44. The Morgan fingerprint density at radius 2 is 1.59 bits per heavy atom. The summed E-state index contributed by atoms with van der Waals surface area (Å²) in [5, 5.41) is 7.80. The van der Waals surface area contributed by atoms with E-state index in [-0.39, 0.29) is 10.8 Å². The molecule has 0 aliphatic rings. The molecule has 0 bridgehead atoms. The van der Waals surface area contributed by atoms with E-state index in [1.54, 1.807) is 58.3 Å². The Labute approximate surface area is 197 Å². The van der Waals surface area contributed by atoms with Gasteiger partial charge in [0.1, 0.15) is 11.5 Å². The molecule has 2 aromatic heterocycles. The molecule has 34 heavy (non-hydrogen) atoms. The molecule has 174 valence electrons. The summed E-state index contributed by atoms with van der Waals surface area (Å²) in [6.45, 7) is 5.11. The summed E-state index contributed by atoms with van der Waals surface area (Å²) in [5.74, 6) is 1.01. The predicted molar refractivity (Wildman–Crippen MR) is 130 cm³/mol. The quantitative estimate of drug-likeness (QED) is 0.328. The maximum absolute atomic E-state index is 12.4. The van der Waals surface area contributed by atoms with Crippen molar-refractivity contribution < 1.29 is 12.8 Å². The van der Waals surface area contributed by atoms with Gasteiger partial charge < -0.3 is 10.2 Å². The van der Waals surface area contributed by atoms with E-state index >= 15 is 0 Å². The Kier molecular flexibility index (Phi) is 6.25. The highest BCUT2D eigenvalue weighted by molar-refractivity contribution is 7.92. The molecule has 10 heteroatoms. The van der Waals surface area contributed by atoms with Crippen LogP contribution in [0.3, 0.4) is 0 Å². The minimum absolute atomic E-state index is 0.236. The number of aliphatic imine (C=N–C) groups is 1. The first-order chi connectivity index (χ1) is 16.2. The van der Waals surface area contributed by atoms with E-state index in [4.69, 9.17) is 10.2 Å². The van der Waals surface area contributed by atoms with Crippen molar-refractivity contribution in [2.75, 3.05) is 7.05 Å². The van der Waals surface area contributed by atoms with Crippen LogP contribution in [0.15, 0.2) is 69.0 Å². The van der Waals surface area contributed by atoms with Gasteiger partial charge >= 0.3 is 0 Å². The van der Waals surface area contributed by atoms with Crippen LogP contribution in [0.5, 0.6) is 0 Å². The zero-order valence-corrected chi connectivity index (χ0v) is 20.0. The number of rotatable bonds is 6. The average Bonchev–Trinajstić information content (AvgIpc) is 3.34. The fourth-order valence-electron chi connectivity index (χ4n) is 3.23. The molecule has 0 radical (unpaired) electrons. The zero-order valence-electron chi connectivity index (χ0n) is 19.2. The van der Waals surface area contributed by atoms with Crippen molar-refractivity contribution in [3.63, 3.8) is 0 Å². The molecular weight excluding hydrogens is 452 g/mol. The third-order valence-electron chi connectivity index (χ3n) is 5.35. The van der Waals surface area contributed by atoms with Crippen molar-refractivity contribution in [3.05, 3.63) is 66.0 Å². The number of aromatic nitrogens is 4. The van der Waals surface area contributed by atoms with Gasteiger partial charge in [0.15, 0.2) is 9.84 Å². The molecule has 0 saturated heterocycles. The number of aryl methyl sites for hydroxylation is 1. The van der Waals surface area contributed by atoms with Crippen LogP contribution >= 0.6 is 0 Å². The topological polar surface area (TPSA) is 137 Å². The monoisotopic (exact) mass is 476 g/mol. The molecule has 2 heterocycles. The molecule has 0 aliphatic heterocycles. The first-order valence-corrected chi connectivity index (χ1v) is 12.1. The Hall–Kier alpha value is -3.92. The molecule has 0 saturated carbocycles. The van der Waals surface area contributed by atoms with Crippen LogP contribution in [0.25, 0.3) is 34.3 Å². The summed E-state index contributed by atoms with van der Waals surface area (Å²) < 4.78 is 30.6. The van der Waals surface area contributed by atoms with E-state index in [9.17, 15) is 8.42 Å². The first kappa shape index (κ1) is 23.2. The lowest BCUT2D eigenvalue weighted by Crippen LogP contribution is -2.13. The van der Waals surface area contributed by atoms with Gasteiger partial charge in [-0.2, -0.15) is 0 Å². The van der Waals surface area contributed by atoms with Crippen LogP contribution in [0.2, 0.25) is 0 Å². The lowest BCUT2D eigenvalue weighted by Gasteiger charge is -2.09. The standard InChI is InChI=1S/C24H24N6O3S/c1-14(2)34(31,32)19-11-9-16(10-12-19)20-13-27-15(3)21(28-20)24-30-29-23(33-24)18-7-5-17(6-8-18)22(25)26-4/h5-14H,1-4H3,(H2,25,26). The number of amidine groups is 1. The van der Waals surface area contributed by atoms with Gasteiger partial charge in [0, 0.05) is 23.7 Å². The summed E-state index contributed by atoms with van der Waals surface area (Å²) in [4.78, 5) is 13.3. The lowest BCUT2D eigenvalue weighted by molar-refractivity contribution is 0.581. The SMILES string of the molecule is CN=C(N)c1ccc(-c2nnc(-c3nc(-c4ccc(S(=O)(=O)C(C)C)cc4)cnc3C)o2)cc1. The molecule has 0 amide bonds. The maximum Gasteiger partial charge on any atom is 0.268 e. The van der Waals surface area contributed by atoms with Crippen LogP contribution in [0.4, 0.5) is 0 Å². The largest absolute Gasteiger partial charge is 0.415 e. The van der Waals surface area contributed by atoms with Crippen LogP contribution in [-0.2, 0) is 9.84 Å². The van der Waals surface area contributed by atoms with Crippen LogP contribution in [0.1, 0.15) is 25.1 Å². The average molecular weight is 477 g/mol. The van der Waals surface area contributed by atoms with E-state index in [2.05, 4.69) is 25.2 Å².